The number of H-pyrrole nitrogens is 1. The lowest BCUT2D eigenvalue weighted by atomic mass is 10.2. The van der Waals surface area contributed by atoms with Gasteiger partial charge in [-0.2, -0.15) is 0 Å². The molecule has 0 fully saturated rings. The van der Waals surface area contributed by atoms with Crippen molar-refractivity contribution in [1.82, 2.24) is 19.7 Å². The number of amidine groups is 1. The smallest absolute Gasteiger partial charge is 0.344 e. The molecule has 19 heavy (non-hydrogen) atoms. The minimum absolute atomic E-state index is 0.00439. The van der Waals surface area contributed by atoms with Crippen molar-refractivity contribution in [3.8, 4) is 0 Å². The summed E-state index contributed by atoms with van der Waals surface area (Å²) >= 11 is 1.25. The van der Waals surface area contributed by atoms with Gasteiger partial charge in [-0.25, -0.2) is 14.9 Å². The van der Waals surface area contributed by atoms with Crippen LogP contribution < -0.4 is 11.4 Å². The van der Waals surface area contributed by atoms with E-state index in [-0.39, 0.29) is 17.6 Å². The van der Waals surface area contributed by atoms with E-state index in [9.17, 15) is 4.79 Å². The van der Waals surface area contributed by atoms with E-state index in [1.165, 1.54) is 11.8 Å². The van der Waals surface area contributed by atoms with Crippen LogP contribution in [0.3, 0.4) is 0 Å². The number of aromatic amines is 1. The van der Waals surface area contributed by atoms with Crippen LogP contribution in [0, 0.1) is 5.41 Å². The summed E-state index contributed by atoms with van der Waals surface area (Å²) in [6.07, 6.45) is 1.57. The van der Waals surface area contributed by atoms with E-state index in [1.807, 2.05) is 13.8 Å². The highest BCUT2D eigenvalue weighted by Gasteiger charge is 2.13. The lowest BCUT2D eigenvalue weighted by molar-refractivity contribution is 0.534. The van der Waals surface area contributed by atoms with Gasteiger partial charge in [0, 0.05) is 17.8 Å². The van der Waals surface area contributed by atoms with Gasteiger partial charge in [0.1, 0.15) is 10.9 Å². The first kappa shape index (κ1) is 13.3. The van der Waals surface area contributed by atoms with Gasteiger partial charge in [-0.05, 0) is 37.7 Å². The molecule has 0 saturated carbocycles. The van der Waals surface area contributed by atoms with E-state index >= 15 is 0 Å². The Labute approximate surface area is 113 Å². The summed E-state index contributed by atoms with van der Waals surface area (Å²) in [5.74, 6) is -0.0208. The minimum Gasteiger partial charge on any atom is -0.384 e. The lowest BCUT2D eigenvalue weighted by Crippen LogP contribution is -2.19. The molecule has 7 nitrogen and oxygen atoms in total. The first-order chi connectivity index (χ1) is 8.99. The normalized spacial score (nSPS) is 10.9. The second kappa shape index (κ2) is 5.27. The van der Waals surface area contributed by atoms with Gasteiger partial charge in [0.15, 0.2) is 5.16 Å². The number of nitrogens with zero attached hydrogens (tertiary/aromatic N) is 3. The first-order valence-corrected chi connectivity index (χ1v) is 6.46. The number of nitrogen functional groups attached to an aromatic ring is 1. The molecule has 0 aliphatic heterocycles. The number of pyridine rings is 1. The summed E-state index contributed by atoms with van der Waals surface area (Å²) in [5, 5.41) is 14.9. The molecular weight excluding hydrogens is 264 g/mol. The Morgan fingerprint density at radius 2 is 2.32 bits per heavy atom. The highest BCUT2D eigenvalue weighted by molar-refractivity contribution is 7.99. The van der Waals surface area contributed by atoms with Crippen molar-refractivity contribution >= 4 is 17.6 Å². The van der Waals surface area contributed by atoms with Crippen LogP contribution in [0.25, 0.3) is 0 Å². The van der Waals surface area contributed by atoms with Gasteiger partial charge in [-0.1, -0.05) is 0 Å². The van der Waals surface area contributed by atoms with Crippen molar-refractivity contribution in [2.45, 2.75) is 30.1 Å². The fourth-order valence-electron chi connectivity index (χ4n) is 1.54. The third kappa shape index (κ3) is 2.84. The Hall–Kier alpha value is -2.09. The van der Waals surface area contributed by atoms with Crippen molar-refractivity contribution in [2.75, 3.05) is 0 Å². The zero-order valence-electron chi connectivity index (χ0n) is 10.5. The summed E-state index contributed by atoms with van der Waals surface area (Å²) in [6.45, 7) is 3.81. The van der Waals surface area contributed by atoms with Gasteiger partial charge < -0.3 is 5.73 Å². The highest BCUT2D eigenvalue weighted by Crippen LogP contribution is 2.25. The van der Waals surface area contributed by atoms with Gasteiger partial charge in [-0.15, -0.1) is 5.10 Å². The molecule has 0 spiro atoms. The summed E-state index contributed by atoms with van der Waals surface area (Å²) in [7, 11) is 0. The van der Waals surface area contributed by atoms with Crippen LogP contribution >= 0.6 is 11.8 Å². The van der Waals surface area contributed by atoms with Crippen LogP contribution in [-0.4, -0.2) is 25.6 Å². The van der Waals surface area contributed by atoms with Crippen LogP contribution in [0.1, 0.15) is 25.5 Å². The molecule has 0 radical (unpaired) electrons. The van der Waals surface area contributed by atoms with Crippen LogP contribution in [-0.2, 0) is 0 Å². The quantitative estimate of drug-likeness (QED) is 0.570. The molecule has 0 saturated heterocycles. The topological polar surface area (TPSA) is 113 Å². The number of hydrogen-bond acceptors (Lipinski definition) is 5. The molecule has 100 valence electrons. The SMILES string of the molecule is CC(C)n1c(Sc2cc(C(=N)N)ccn2)n[nH]c1=O. The Bertz CT molecular complexity index is 659. The number of nitrogens with one attached hydrogen (secondary N) is 2. The maximum Gasteiger partial charge on any atom is 0.344 e. The van der Waals surface area contributed by atoms with Crippen LogP contribution in [0.5, 0.6) is 0 Å². The molecular formula is C11H14N6OS. The molecule has 0 amide bonds. The van der Waals surface area contributed by atoms with Crippen LogP contribution in [0.15, 0.2) is 33.3 Å². The van der Waals surface area contributed by atoms with E-state index in [4.69, 9.17) is 11.1 Å². The minimum atomic E-state index is -0.250. The molecule has 0 aliphatic rings. The Morgan fingerprint density at radius 3 is 2.95 bits per heavy atom. The van der Waals surface area contributed by atoms with Crippen LogP contribution in [0.2, 0.25) is 0 Å². The van der Waals surface area contributed by atoms with E-state index in [0.29, 0.717) is 15.7 Å². The average Bonchev–Trinajstić information content (AvgIpc) is 2.70. The van der Waals surface area contributed by atoms with Gasteiger partial charge in [0.05, 0.1) is 0 Å². The third-order valence-corrected chi connectivity index (χ3v) is 3.33. The Balaban J connectivity index is 2.34. The van der Waals surface area contributed by atoms with E-state index < -0.39 is 0 Å². The lowest BCUT2D eigenvalue weighted by Gasteiger charge is -2.08. The molecule has 2 aromatic heterocycles. The maximum atomic E-state index is 11.6. The molecule has 2 rings (SSSR count). The van der Waals surface area contributed by atoms with E-state index in [0.717, 1.165) is 0 Å². The molecule has 0 unspecified atom stereocenters. The van der Waals surface area contributed by atoms with Crippen molar-refractivity contribution in [3.63, 3.8) is 0 Å². The fraction of sp³-hybridized carbons (Fsp3) is 0.273. The third-order valence-electron chi connectivity index (χ3n) is 2.43. The zero-order valence-corrected chi connectivity index (χ0v) is 11.4. The standard InChI is InChI=1S/C11H14N6OS/c1-6(2)17-10(18)15-16-11(17)19-8-5-7(9(12)13)3-4-14-8/h3-6H,1-2H3,(H3,12,13)(H,15,18). The second-order valence-electron chi connectivity index (χ2n) is 4.17. The van der Waals surface area contributed by atoms with Gasteiger partial charge >= 0.3 is 5.69 Å². The molecule has 2 aromatic rings. The van der Waals surface area contributed by atoms with Crippen molar-refractivity contribution in [2.24, 2.45) is 5.73 Å². The molecule has 4 N–H and O–H groups in total. The number of hydrogen-bond donors (Lipinski definition) is 3. The average molecular weight is 278 g/mol. The number of rotatable bonds is 4. The van der Waals surface area contributed by atoms with E-state index in [1.54, 1.807) is 22.9 Å². The van der Waals surface area contributed by atoms with E-state index in [2.05, 4.69) is 15.2 Å². The monoisotopic (exact) mass is 278 g/mol. The summed E-state index contributed by atoms with van der Waals surface area (Å²) in [4.78, 5) is 15.8. The van der Waals surface area contributed by atoms with Crippen LogP contribution in [0.4, 0.5) is 0 Å². The van der Waals surface area contributed by atoms with Gasteiger partial charge in [0.25, 0.3) is 0 Å². The molecule has 2 heterocycles. The molecule has 0 aromatic carbocycles. The summed E-state index contributed by atoms with van der Waals surface area (Å²) in [5.41, 5.74) is 5.77. The summed E-state index contributed by atoms with van der Waals surface area (Å²) in [6, 6.07) is 3.35. The van der Waals surface area contributed by atoms with Crippen molar-refractivity contribution < 1.29 is 0 Å². The number of nitrogens with two attached hydrogens (primary N) is 1. The van der Waals surface area contributed by atoms with Gasteiger partial charge in [-0.3, -0.25) is 9.98 Å². The molecule has 0 atom stereocenters. The largest absolute Gasteiger partial charge is 0.384 e. The summed E-state index contributed by atoms with van der Waals surface area (Å²) < 4.78 is 1.55. The Morgan fingerprint density at radius 1 is 1.58 bits per heavy atom. The highest BCUT2D eigenvalue weighted by atomic mass is 32.2. The van der Waals surface area contributed by atoms with Gasteiger partial charge in [0.2, 0.25) is 0 Å². The first-order valence-electron chi connectivity index (χ1n) is 5.64. The number of aromatic nitrogens is 4. The Kier molecular flexibility index (Phi) is 3.70. The predicted molar refractivity (Wildman–Crippen MR) is 72.6 cm³/mol. The fourth-order valence-corrected chi connectivity index (χ4v) is 2.51. The maximum absolute atomic E-state index is 11.6. The second-order valence-corrected chi connectivity index (χ2v) is 5.16. The van der Waals surface area contributed by atoms with Crippen molar-refractivity contribution in [1.29, 1.82) is 5.41 Å². The molecule has 8 heteroatoms. The molecule has 0 aliphatic carbocycles. The predicted octanol–water partition coefficient (Wildman–Crippen LogP) is 0.983. The molecule has 0 bridgehead atoms. The zero-order chi connectivity index (χ0) is 14.0. The van der Waals surface area contributed by atoms with Crippen molar-refractivity contribution in [3.05, 3.63) is 34.4 Å².